The van der Waals surface area contributed by atoms with Crippen molar-refractivity contribution >= 4 is 25.9 Å². The fraction of sp³-hybridized carbons (Fsp3) is 0.929. The second-order valence-electron chi connectivity index (χ2n) is 7.60. The number of carbonyl (C=O) groups is 1. The van der Waals surface area contributed by atoms with Crippen molar-refractivity contribution in [2.45, 2.75) is 43.4 Å². The molecule has 0 bridgehead atoms. The van der Waals surface area contributed by atoms with Gasteiger partial charge in [0.2, 0.25) is 5.91 Å². The Morgan fingerprint density at radius 1 is 1.29 bits per heavy atom. The summed E-state index contributed by atoms with van der Waals surface area (Å²) >= 11 is 0. The summed E-state index contributed by atoms with van der Waals surface area (Å²) in [6, 6.07) is 0. The minimum atomic E-state index is -4.82. The van der Waals surface area contributed by atoms with E-state index in [9.17, 15) is 26.2 Å². The van der Waals surface area contributed by atoms with E-state index < -0.39 is 48.2 Å². The first-order valence-electron chi connectivity index (χ1n) is 8.15. The SMILES string of the molecule is C[C@]1(NC(=O)CC[N+]2(C)CCCCC2)CS(=O)(=O)C[C@H]1S(=O)(=O)[O-]. The minimum absolute atomic E-state index is 0.178. The molecule has 140 valence electrons. The molecule has 0 aliphatic carbocycles. The molecule has 24 heavy (non-hydrogen) atoms. The van der Waals surface area contributed by atoms with Crippen LogP contribution in [-0.2, 0) is 24.7 Å². The topological polar surface area (TPSA) is 120 Å². The number of sulfone groups is 1. The lowest BCUT2D eigenvalue weighted by atomic mass is 10.0. The maximum absolute atomic E-state index is 12.3. The summed E-state index contributed by atoms with van der Waals surface area (Å²) in [6.07, 6.45) is 3.60. The number of hydrogen-bond donors (Lipinski definition) is 1. The van der Waals surface area contributed by atoms with Crippen molar-refractivity contribution in [1.82, 2.24) is 5.32 Å². The lowest BCUT2D eigenvalue weighted by molar-refractivity contribution is -0.913. The van der Waals surface area contributed by atoms with Gasteiger partial charge in [0.15, 0.2) is 9.84 Å². The van der Waals surface area contributed by atoms with E-state index in [-0.39, 0.29) is 6.42 Å². The molecule has 1 N–H and O–H groups in total. The Bertz CT molecular complexity index is 697. The van der Waals surface area contributed by atoms with Gasteiger partial charge in [-0.1, -0.05) is 0 Å². The fourth-order valence-electron chi connectivity index (χ4n) is 3.79. The van der Waals surface area contributed by atoms with Crippen LogP contribution in [0.4, 0.5) is 0 Å². The minimum Gasteiger partial charge on any atom is -0.748 e. The van der Waals surface area contributed by atoms with E-state index in [1.807, 2.05) is 0 Å². The summed E-state index contributed by atoms with van der Waals surface area (Å²) in [4.78, 5) is 12.3. The molecule has 2 aliphatic heterocycles. The zero-order chi connectivity index (χ0) is 18.2. The molecule has 0 unspecified atom stereocenters. The van der Waals surface area contributed by atoms with Crippen LogP contribution in [0.25, 0.3) is 0 Å². The largest absolute Gasteiger partial charge is 0.748 e. The van der Waals surface area contributed by atoms with Gasteiger partial charge in [-0.15, -0.1) is 0 Å². The van der Waals surface area contributed by atoms with Gasteiger partial charge in [-0.3, -0.25) is 4.79 Å². The molecule has 2 rings (SSSR count). The number of nitrogens with zero attached hydrogens (tertiary/aromatic N) is 1. The number of piperidine rings is 1. The lowest BCUT2D eigenvalue weighted by Gasteiger charge is -2.38. The summed E-state index contributed by atoms with van der Waals surface area (Å²) in [5.74, 6) is -1.67. The fourth-order valence-corrected chi connectivity index (χ4v) is 8.10. The van der Waals surface area contributed by atoms with Crippen LogP contribution >= 0.6 is 0 Å². The number of rotatable bonds is 5. The van der Waals surface area contributed by atoms with Crippen LogP contribution in [0.15, 0.2) is 0 Å². The number of hydrogen-bond acceptors (Lipinski definition) is 6. The van der Waals surface area contributed by atoms with E-state index in [1.165, 1.54) is 13.3 Å². The highest BCUT2D eigenvalue weighted by Gasteiger charge is 2.51. The number of quaternary nitrogens is 1. The van der Waals surface area contributed by atoms with Gasteiger partial charge in [-0.2, -0.15) is 0 Å². The van der Waals surface area contributed by atoms with Crippen LogP contribution in [0.1, 0.15) is 32.6 Å². The Labute approximate surface area is 143 Å². The smallest absolute Gasteiger partial charge is 0.226 e. The Morgan fingerprint density at radius 2 is 1.88 bits per heavy atom. The van der Waals surface area contributed by atoms with Crippen LogP contribution < -0.4 is 5.32 Å². The van der Waals surface area contributed by atoms with Gasteiger partial charge >= 0.3 is 0 Å². The molecule has 0 aromatic rings. The zero-order valence-electron chi connectivity index (χ0n) is 14.2. The number of amides is 1. The third kappa shape index (κ3) is 4.68. The van der Waals surface area contributed by atoms with E-state index >= 15 is 0 Å². The van der Waals surface area contributed by atoms with Gasteiger partial charge in [0.1, 0.15) is 10.1 Å². The Kier molecular flexibility index (Phi) is 5.35. The first kappa shape index (κ1) is 19.6. The predicted molar refractivity (Wildman–Crippen MR) is 87.9 cm³/mol. The summed E-state index contributed by atoms with van der Waals surface area (Å²) in [5.41, 5.74) is -1.56. The standard InChI is InChI=1S/C14H26N2O6S2/c1-14(11-23(18,19)10-12(14)24(20,21)22)15-13(17)6-9-16(2)7-4-3-5-8-16/h12H,3-11H2,1-2H3,(H-,15,17,20,21,22)/t12-,14+/m1/s1. The third-order valence-electron chi connectivity index (χ3n) is 5.18. The molecule has 2 aliphatic rings. The summed E-state index contributed by atoms with van der Waals surface area (Å²) < 4.78 is 58.6. The molecular formula is C14H26N2O6S2. The molecule has 0 aromatic heterocycles. The van der Waals surface area contributed by atoms with Crippen molar-refractivity contribution < 1.29 is 30.7 Å². The molecule has 0 aromatic carbocycles. The van der Waals surface area contributed by atoms with Gasteiger partial charge in [-0.05, 0) is 26.2 Å². The van der Waals surface area contributed by atoms with Gasteiger partial charge < -0.3 is 14.4 Å². The zero-order valence-corrected chi connectivity index (χ0v) is 15.8. The maximum atomic E-state index is 12.3. The molecule has 10 heteroatoms. The van der Waals surface area contributed by atoms with E-state index in [2.05, 4.69) is 12.4 Å². The normalized spacial score (nSPS) is 32.4. The second kappa shape index (κ2) is 6.54. The van der Waals surface area contributed by atoms with Crippen molar-refractivity contribution in [2.75, 3.05) is 38.2 Å². The summed E-state index contributed by atoms with van der Waals surface area (Å²) in [6.45, 7) is 3.93. The monoisotopic (exact) mass is 382 g/mol. The summed E-state index contributed by atoms with van der Waals surface area (Å²) in [5, 5.41) is 0.877. The molecule has 0 radical (unpaired) electrons. The Morgan fingerprint density at radius 3 is 2.42 bits per heavy atom. The predicted octanol–water partition coefficient (Wildman–Crippen LogP) is -0.776. The average molecular weight is 383 g/mol. The van der Waals surface area contributed by atoms with E-state index in [0.29, 0.717) is 6.54 Å². The molecular weight excluding hydrogens is 356 g/mol. The van der Waals surface area contributed by atoms with Crippen molar-refractivity contribution in [3.05, 3.63) is 0 Å². The average Bonchev–Trinajstić information content (AvgIpc) is 2.67. The highest BCUT2D eigenvalue weighted by atomic mass is 32.2. The molecule has 2 saturated heterocycles. The second-order valence-corrected chi connectivity index (χ2v) is 11.3. The number of nitrogens with one attached hydrogen (secondary N) is 1. The third-order valence-corrected chi connectivity index (χ3v) is 8.66. The summed E-state index contributed by atoms with van der Waals surface area (Å²) in [7, 11) is -6.42. The van der Waals surface area contributed by atoms with E-state index in [4.69, 9.17) is 0 Å². The van der Waals surface area contributed by atoms with Crippen molar-refractivity contribution in [3.8, 4) is 0 Å². The Hall–Kier alpha value is -0.710. The molecule has 0 saturated carbocycles. The molecule has 8 nitrogen and oxygen atoms in total. The van der Waals surface area contributed by atoms with E-state index in [0.717, 1.165) is 30.4 Å². The van der Waals surface area contributed by atoms with Gasteiger partial charge in [-0.25, -0.2) is 16.8 Å². The van der Waals surface area contributed by atoms with Gasteiger partial charge in [0.25, 0.3) is 0 Å². The first-order valence-corrected chi connectivity index (χ1v) is 11.4. The molecule has 1 amide bonds. The molecule has 2 fully saturated rings. The van der Waals surface area contributed by atoms with Crippen molar-refractivity contribution in [1.29, 1.82) is 0 Å². The maximum Gasteiger partial charge on any atom is 0.226 e. The molecule has 0 spiro atoms. The van der Waals surface area contributed by atoms with Crippen LogP contribution in [0, 0.1) is 0 Å². The van der Waals surface area contributed by atoms with Crippen LogP contribution in [0.2, 0.25) is 0 Å². The van der Waals surface area contributed by atoms with E-state index in [1.54, 1.807) is 0 Å². The quantitative estimate of drug-likeness (QED) is 0.492. The molecule has 2 heterocycles. The first-order chi connectivity index (χ1) is 10.9. The highest BCUT2D eigenvalue weighted by molar-refractivity contribution is 7.94. The van der Waals surface area contributed by atoms with Crippen molar-refractivity contribution in [3.63, 3.8) is 0 Å². The number of likely N-dealkylation sites (tertiary alicyclic amines) is 1. The Balaban J connectivity index is 2.03. The van der Waals surface area contributed by atoms with Gasteiger partial charge in [0, 0.05) is 0 Å². The van der Waals surface area contributed by atoms with Gasteiger partial charge in [0.05, 0.1) is 55.4 Å². The highest BCUT2D eigenvalue weighted by Crippen LogP contribution is 2.29. The number of carbonyl (C=O) groups excluding carboxylic acids is 1. The van der Waals surface area contributed by atoms with Crippen molar-refractivity contribution in [2.24, 2.45) is 0 Å². The lowest BCUT2D eigenvalue weighted by Crippen LogP contribution is -2.57. The molecule has 2 atom stereocenters. The van der Waals surface area contributed by atoms with Crippen LogP contribution in [0.5, 0.6) is 0 Å². The van der Waals surface area contributed by atoms with Crippen LogP contribution in [0.3, 0.4) is 0 Å². The van der Waals surface area contributed by atoms with Crippen LogP contribution in [-0.4, -0.2) is 80.8 Å².